The van der Waals surface area contributed by atoms with Crippen LogP contribution < -0.4 is 10.5 Å². The van der Waals surface area contributed by atoms with Crippen molar-refractivity contribution in [3.8, 4) is 5.75 Å². The highest BCUT2D eigenvalue weighted by Crippen LogP contribution is 2.46. The van der Waals surface area contributed by atoms with Gasteiger partial charge < -0.3 is 10.5 Å². The molecule has 1 aliphatic rings. The summed E-state index contributed by atoms with van der Waals surface area (Å²) in [5.74, 6) is 0.505. The van der Waals surface area contributed by atoms with Gasteiger partial charge in [-0.3, -0.25) is 10.1 Å². The lowest BCUT2D eigenvalue weighted by molar-refractivity contribution is -0.385. The average Bonchev–Trinajstić information content (AvgIpc) is 2.39. The zero-order chi connectivity index (χ0) is 14.2. The first kappa shape index (κ1) is 14.3. The van der Waals surface area contributed by atoms with Crippen LogP contribution in [0.2, 0.25) is 0 Å². The van der Waals surface area contributed by atoms with E-state index in [1.165, 1.54) is 6.07 Å². The average molecular weight is 329 g/mol. The molecule has 0 aliphatic heterocycles. The number of benzene rings is 1. The molecule has 2 rings (SSSR count). The van der Waals surface area contributed by atoms with Crippen LogP contribution in [-0.4, -0.2) is 17.1 Å². The van der Waals surface area contributed by atoms with E-state index < -0.39 is 4.92 Å². The van der Waals surface area contributed by atoms with Crippen molar-refractivity contribution in [2.24, 2.45) is 11.1 Å². The summed E-state index contributed by atoms with van der Waals surface area (Å²) in [6.07, 6.45) is 1.70. The molecule has 0 amide bonds. The molecule has 2 N–H and O–H groups in total. The second-order valence-electron chi connectivity index (χ2n) is 5.15. The summed E-state index contributed by atoms with van der Waals surface area (Å²) in [6, 6.07) is 4.93. The Labute approximate surface area is 120 Å². The molecule has 104 valence electrons. The number of halogens is 1. The summed E-state index contributed by atoms with van der Waals surface area (Å²) in [6.45, 7) is 4.18. The minimum absolute atomic E-state index is 0.00537. The van der Waals surface area contributed by atoms with Crippen molar-refractivity contribution in [1.82, 2.24) is 0 Å². The SMILES string of the molecule is CCC1(C)C(N)CC1Oc1cccc([N+](=O)[O-])c1Br. The van der Waals surface area contributed by atoms with E-state index >= 15 is 0 Å². The molecule has 3 atom stereocenters. The van der Waals surface area contributed by atoms with Gasteiger partial charge in [-0.15, -0.1) is 0 Å². The zero-order valence-electron chi connectivity index (χ0n) is 10.9. The Hall–Kier alpha value is -1.14. The van der Waals surface area contributed by atoms with Crippen LogP contribution >= 0.6 is 15.9 Å². The topological polar surface area (TPSA) is 78.4 Å². The monoisotopic (exact) mass is 328 g/mol. The molecule has 1 saturated carbocycles. The van der Waals surface area contributed by atoms with Crippen LogP contribution in [0.5, 0.6) is 5.75 Å². The Bertz CT molecular complexity index is 509. The Morgan fingerprint density at radius 3 is 2.84 bits per heavy atom. The van der Waals surface area contributed by atoms with Gasteiger partial charge in [-0.25, -0.2) is 0 Å². The van der Waals surface area contributed by atoms with Crippen molar-refractivity contribution in [3.05, 3.63) is 32.8 Å². The molecule has 0 aromatic heterocycles. The van der Waals surface area contributed by atoms with Crippen LogP contribution in [0.4, 0.5) is 5.69 Å². The number of hydrogen-bond acceptors (Lipinski definition) is 4. The van der Waals surface area contributed by atoms with E-state index in [1.54, 1.807) is 12.1 Å². The summed E-state index contributed by atoms with van der Waals surface area (Å²) in [7, 11) is 0. The number of nitro benzene ring substituents is 1. The summed E-state index contributed by atoms with van der Waals surface area (Å²) >= 11 is 3.24. The van der Waals surface area contributed by atoms with E-state index in [0.717, 1.165) is 12.8 Å². The van der Waals surface area contributed by atoms with E-state index in [9.17, 15) is 10.1 Å². The molecule has 3 unspecified atom stereocenters. The molecular formula is C13H17BrN2O3. The largest absolute Gasteiger partial charge is 0.488 e. The van der Waals surface area contributed by atoms with E-state index in [1.807, 2.05) is 0 Å². The third-order valence-corrected chi connectivity index (χ3v) is 5.02. The molecule has 5 nitrogen and oxygen atoms in total. The second-order valence-corrected chi connectivity index (χ2v) is 5.95. The van der Waals surface area contributed by atoms with Crippen LogP contribution in [0.1, 0.15) is 26.7 Å². The lowest BCUT2D eigenvalue weighted by Crippen LogP contribution is -2.61. The van der Waals surface area contributed by atoms with Gasteiger partial charge in [-0.05, 0) is 28.4 Å². The van der Waals surface area contributed by atoms with Crippen LogP contribution in [0.3, 0.4) is 0 Å². The number of ether oxygens (including phenoxy) is 1. The molecule has 1 aromatic carbocycles. The molecule has 0 bridgehead atoms. The predicted molar refractivity (Wildman–Crippen MR) is 76.2 cm³/mol. The Kier molecular flexibility index (Phi) is 3.82. The van der Waals surface area contributed by atoms with Crippen molar-refractivity contribution in [2.75, 3.05) is 0 Å². The Morgan fingerprint density at radius 2 is 2.32 bits per heavy atom. The first-order valence-corrected chi connectivity index (χ1v) is 7.04. The minimum Gasteiger partial charge on any atom is -0.488 e. The molecule has 6 heteroatoms. The van der Waals surface area contributed by atoms with Crippen LogP contribution in [0, 0.1) is 15.5 Å². The molecule has 0 heterocycles. The van der Waals surface area contributed by atoms with Gasteiger partial charge in [-0.2, -0.15) is 0 Å². The standard InChI is InChI=1S/C13H17BrN2O3/c1-3-13(2)10(15)7-11(13)19-9-6-4-5-8(12(9)14)16(17)18/h4-6,10-11H,3,7,15H2,1-2H3. The molecule has 0 saturated heterocycles. The number of rotatable bonds is 4. The molecule has 1 fully saturated rings. The Balaban J connectivity index is 2.21. The van der Waals surface area contributed by atoms with Gasteiger partial charge in [0.25, 0.3) is 5.69 Å². The van der Waals surface area contributed by atoms with Gasteiger partial charge in [0.1, 0.15) is 16.3 Å². The fourth-order valence-corrected chi connectivity index (χ4v) is 2.91. The van der Waals surface area contributed by atoms with Crippen molar-refractivity contribution < 1.29 is 9.66 Å². The van der Waals surface area contributed by atoms with Crippen LogP contribution in [0.25, 0.3) is 0 Å². The quantitative estimate of drug-likeness (QED) is 0.679. The van der Waals surface area contributed by atoms with E-state index in [2.05, 4.69) is 29.8 Å². The molecule has 0 radical (unpaired) electrons. The van der Waals surface area contributed by atoms with Gasteiger partial charge in [0.2, 0.25) is 0 Å². The van der Waals surface area contributed by atoms with E-state index in [0.29, 0.717) is 10.2 Å². The maximum Gasteiger partial charge on any atom is 0.287 e. The third-order valence-electron chi connectivity index (χ3n) is 4.22. The predicted octanol–water partition coefficient (Wildman–Crippen LogP) is 3.25. The maximum absolute atomic E-state index is 10.9. The van der Waals surface area contributed by atoms with Gasteiger partial charge in [0.15, 0.2) is 0 Å². The number of nitrogens with zero attached hydrogens (tertiary/aromatic N) is 1. The third kappa shape index (κ3) is 2.34. The van der Waals surface area contributed by atoms with Crippen molar-refractivity contribution in [1.29, 1.82) is 0 Å². The molecule has 1 aliphatic carbocycles. The summed E-state index contributed by atoms with van der Waals surface area (Å²) in [4.78, 5) is 10.5. The summed E-state index contributed by atoms with van der Waals surface area (Å²) in [5.41, 5.74) is 5.98. The fourth-order valence-electron chi connectivity index (χ4n) is 2.40. The van der Waals surface area contributed by atoms with Crippen LogP contribution in [-0.2, 0) is 0 Å². The summed E-state index contributed by atoms with van der Waals surface area (Å²) in [5, 5.41) is 10.9. The number of nitro groups is 1. The minimum atomic E-state index is -0.428. The van der Waals surface area contributed by atoms with E-state index in [-0.39, 0.29) is 23.2 Å². The smallest absolute Gasteiger partial charge is 0.287 e. The molecule has 19 heavy (non-hydrogen) atoms. The fraction of sp³-hybridized carbons (Fsp3) is 0.538. The lowest BCUT2D eigenvalue weighted by Gasteiger charge is -2.51. The Morgan fingerprint density at radius 1 is 1.63 bits per heavy atom. The first-order chi connectivity index (χ1) is 8.90. The first-order valence-electron chi connectivity index (χ1n) is 6.25. The maximum atomic E-state index is 10.9. The second kappa shape index (κ2) is 5.09. The zero-order valence-corrected chi connectivity index (χ0v) is 12.5. The number of hydrogen-bond donors (Lipinski definition) is 1. The van der Waals surface area contributed by atoms with Crippen molar-refractivity contribution in [2.45, 2.75) is 38.8 Å². The van der Waals surface area contributed by atoms with E-state index in [4.69, 9.17) is 10.5 Å². The highest BCUT2D eigenvalue weighted by Gasteiger charge is 2.50. The van der Waals surface area contributed by atoms with Crippen molar-refractivity contribution >= 4 is 21.6 Å². The highest BCUT2D eigenvalue weighted by atomic mass is 79.9. The van der Waals surface area contributed by atoms with Gasteiger partial charge in [0.05, 0.1) is 4.92 Å². The molecular weight excluding hydrogens is 312 g/mol. The van der Waals surface area contributed by atoms with Gasteiger partial charge in [-0.1, -0.05) is 19.9 Å². The normalized spacial score (nSPS) is 29.7. The lowest BCUT2D eigenvalue weighted by atomic mass is 9.62. The van der Waals surface area contributed by atoms with Crippen LogP contribution in [0.15, 0.2) is 22.7 Å². The van der Waals surface area contributed by atoms with Gasteiger partial charge >= 0.3 is 0 Å². The van der Waals surface area contributed by atoms with Crippen molar-refractivity contribution in [3.63, 3.8) is 0 Å². The number of nitrogens with two attached hydrogens (primary N) is 1. The van der Waals surface area contributed by atoms with Gasteiger partial charge in [0, 0.05) is 23.9 Å². The highest BCUT2D eigenvalue weighted by molar-refractivity contribution is 9.10. The summed E-state index contributed by atoms with van der Waals surface area (Å²) < 4.78 is 6.31. The molecule has 1 aromatic rings. The molecule has 0 spiro atoms.